The Hall–Kier alpha value is -3.54. The van der Waals surface area contributed by atoms with E-state index in [9.17, 15) is 9.18 Å². The second-order valence-corrected chi connectivity index (χ2v) is 6.12. The summed E-state index contributed by atoms with van der Waals surface area (Å²) in [6, 6.07) is 18.8. The van der Waals surface area contributed by atoms with Gasteiger partial charge in [-0.3, -0.25) is 4.79 Å². The molecule has 0 atom stereocenters. The summed E-state index contributed by atoms with van der Waals surface area (Å²) in [5, 5.41) is 6.04. The van der Waals surface area contributed by atoms with E-state index >= 15 is 0 Å². The number of nitrogens with one attached hydrogen (secondary N) is 2. The van der Waals surface area contributed by atoms with E-state index in [1.54, 1.807) is 50.6 Å². The molecule has 144 valence electrons. The van der Waals surface area contributed by atoms with Crippen LogP contribution in [0.25, 0.3) is 0 Å². The highest BCUT2D eigenvalue weighted by Gasteiger charge is 2.09. The van der Waals surface area contributed by atoms with Crippen LogP contribution in [0.2, 0.25) is 0 Å². The van der Waals surface area contributed by atoms with E-state index in [1.807, 2.05) is 18.2 Å². The highest BCUT2D eigenvalue weighted by atomic mass is 19.1. The molecule has 0 aliphatic rings. The van der Waals surface area contributed by atoms with Gasteiger partial charge < -0.3 is 20.1 Å². The third-order valence-electron chi connectivity index (χ3n) is 4.11. The van der Waals surface area contributed by atoms with Crippen molar-refractivity contribution in [2.75, 3.05) is 24.9 Å². The first-order valence-electron chi connectivity index (χ1n) is 8.71. The molecule has 0 saturated heterocycles. The lowest BCUT2D eigenvalue weighted by Gasteiger charge is -2.11. The van der Waals surface area contributed by atoms with Crippen molar-refractivity contribution in [2.45, 2.75) is 6.42 Å². The van der Waals surface area contributed by atoms with Crippen LogP contribution in [0.3, 0.4) is 0 Å². The zero-order valence-electron chi connectivity index (χ0n) is 15.7. The minimum Gasteiger partial charge on any atom is -0.493 e. The van der Waals surface area contributed by atoms with Gasteiger partial charge >= 0.3 is 0 Å². The van der Waals surface area contributed by atoms with Gasteiger partial charge in [0, 0.05) is 17.1 Å². The average molecular weight is 380 g/mol. The molecule has 0 aromatic heterocycles. The first-order valence-corrected chi connectivity index (χ1v) is 8.71. The van der Waals surface area contributed by atoms with Crippen molar-refractivity contribution in [1.82, 2.24) is 0 Å². The van der Waals surface area contributed by atoms with Crippen LogP contribution in [0.15, 0.2) is 66.7 Å². The Labute approximate surface area is 163 Å². The fourth-order valence-corrected chi connectivity index (χ4v) is 2.72. The molecule has 0 bridgehead atoms. The van der Waals surface area contributed by atoms with Crippen molar-refractivity contribution in [3.05, 3.63) is 78.1 Å². The van der Waals surface area contributed by atoms with Gasteiger partial charge in [0.2, 0.25) is 5.91 Å². The number of hydrogen-bond acceptors (Lipinski definition) is 4. The van der Waals surface area contributed by atoms with E-state index in [4.69, 9.17) is 9.47 Å². The van der Waals surface area contributed by atoms with E-state index in [-0.39, 0.29) is 18.1 Å². The lowest BCUT2D eigenvalue weighted by atomic mass is 10.1. The number of halogens is 1. The van der Waals surface area contributed by atoms with E-state index in [1.165, 1.54) is 12.1 Å². The predicted octanol–water partition coefficient (Wildman–Crippen LogP) is 4.77. The molecule has 0 heterocycles. The normalized spacial score (nSPS) is 10.2. The number of anilines is 3. The lowest BCUT2D eigenvalue weighted by Crippen LogP contribution is -2.14. The van der Waals surface area contributed by atoms with E-state index in [2.05, 4.69) is 10.6 Å². The largest absolute Gasteiger partial charge is 0.493 e. The molecule has 3 rings (SSSR count). The third-order valence-corrected chi connectivity index (χ3v) is 4.11. The fourth-order valence-electron chi connectivity index (χ4n) is 2.72. The maximum Gasteiger partial charge on any atom is 0.228 e. The van der Waals surface area contributed by atoms with Crippen LogP contribution in [0, 0.1) is 5.82 Å². The number of amides is 1. The van der Waals surface area contributed by atoms with Gasteiger partial charge in [-0.1, -0.05) is 6.07 Å². The summed E-state index contributed by atoms with van der Waals surface area (Å²) in [5.74, 6) is 0.796. The number of carbonyl (C=O) groups excluding carboxylic acids is 1. The van der Waals surface area contributed by atoms with Crippen LogP contribution < -0.4 is 20.1 Å². The minimum absolute atomic E-state index is 0.133. The van der Waals surface area contributed by atoms with Crippen molar-refractivity contribution in [2.24, 2.45) is 0 Å². The van der Waals surface area contributed by atoms with Crippen molar-refractivity contribution in [3.8, 4) is 11.5 Å². The maximum atomic E-state index is 13.0. The first-order chi connectivity index (χ1) is 13.6. The summed E-state index contributed by atoms with van der Waals surface area (Å²) in [6.45, 7) is 0. The van der Waals surface area contributed by atoms with E-state index in [0.29, 0.717) is 17.2 Å². The van der Waals surface area contributed by atoms with Crippen molar-refractivity contribution in [3.63, 3.8) is 0 Å². The molecule has 0 saturated carbocycles. The van der Waals surface area contributed by atoms with E-state index < -0.39 is 0 Å². The third kappa shape index (κ3) is 5.01. The van der Waals surface area contributed by atoms with Gasteiger partial charge in [-0.05, 0) is 66.2 Å². The summed E-state index contributed by atoms with van der Waals surface area (Å²) in [4.78, 5) is 12.3. The molecule has 6 heteroatoms. The summed E-state index contributed by atoms with van der Waals surface area (Å²) >= 11 is 0. The Morgan fingerprint density at radius 3 is 2.00 bits per heavy atom. The van der Waals surface area contributed by atoms with Crippen LogP contribution in [-0.4, -0.2) is 20.1 Å². The van der Waals surface area contributed by atoms with Crippen LogP contribution >= 0.6 is 0 Å². The van der Waals surface area contributed by atoms with Gasteiger partial charge in [-0.25, -0.2) is 4.39 Å². The molecule has 0 radical (unpaired) electrons. The molecule has 3 aromatic carbocycles. The molecule has 0 aliphatic heterocycles. The Morgan fingerprint density at radius 1 is 0.821 bits per heavy atom. The Kier molecular flexibility index (Phi) is 6.11. The summed E-state index contributed by atoms with van der Waals surface area (Å²) in [5.41, 5.74) is 3.14. The predicted molar refractivity (Wildman–Crippen MR) is 108 cm³/mol. The molecule has 2 N–H and O–H groups in total. The van der Waals surface area contributed by atoms with Crippen LogP contribution in [-0.2, 0) is 11.2 Å². The van der Waals surface area contributed by atoms with Crippen LogP contribution in [0.4, 0.5) is 21.5 Å². The van der Waals surface area contributed by atoms with Gasteiger partial charge in [-0.15, -0.1) is 0 Å². The summed E-state index contributed by atoms with van der Waals surface area (Å²) in [7, 11) is 3.13. The minimum atomic E-state index is -0.280. The second-order valence-electron chi connectivity index (χ2n) is 6.12. The molecule has 3 aromatic rings. The van der Waals surface area contributed by atoms with Gasteiger partial charge in [0.25, 0.3) is 0 Å². The monoisotopic (exact) mass is 380 g/mol. The number of methoxy groups -OCH3 is 2. The topological polar surface area (TPSA) is 59.6 Å². The number of rotatable bonds is 7. The summed E-state index contributed by atoms with van der Waals surface area (Å²) < 4.78 is 23.4. The van der Waals surface area contributed by atoms with Crippen LogP contribution in [0.1, 0.15) is 5.56 Å². The maximum absolute atomic E-state index is 13.0. The quantitative estimate of drug-likeness (QED) is 0.620. The van der Waals surface area contributed by atoms with Crippen molar-refractivity contribution >= 4 is 23.0 Å². The first kappa shape index (κ1) is 19.2. The highest BCUT2D eigenvalue weighted by molar-refractivity contribution is 5.92. The number of ether oxygens (including phenoxy) is 2. The van der Waals surface area contributed by atoms with Gasteiger partial charge in [-0.2, -0.15) is 0 Å². The van der Waals surface area contributed by atoms with E-state index in [0.717, 1.165) is 16.9 Å². The van der Waals surface area contributed by atoms with Gasteiger partial charge in [0.1, 0.15) is 5.82 Å². The SMILES string of the molecule is COc1ccc(CC(=O)Nc2ccc(Nc3ccc(F)cc3)cc2)cc1OC. The summed E-state index contributed by atoms with van der Waals surface area (Å²) in [6.07, 6.45) is 0.218. The zero-order valence-corrected chi connectivity index (χ0v) is 15.7. The molecular formula is C22H21FN2O3. The molecule has 0 spiro atoms. The number of carbonyl (C=O) groups is 1. The molecule has 0 aliphatic carbocycles. The Bertz CT molecular complexity index is 941. The van der Waals surface area contributed by atoms with Crippen LogP contribution in [0.5, 0.6) is 11.5 Å². The molecule has 5 nitrogen and oxygen atoms in total. The molecule has 0 fully saturated rings. The van der Waals surface area contributed by atoms with Crippen molar-refractivity contribution in [1.29, 1.82) is 0 Å². The smallest absolute Gasteiger partial charge is 0.228 e. The standard InChI is InChI=1S/C22H21FN2O3/c1-27-20-12-3-15(13-21(20)28-2)14-22(26)25-19-10-8-18(9-11-19)24-17-6-4-16(23)5-7-17/h3-13,24H,14H2,1-2H3,(H,25,26). The molecule has 1 amide bonds. The number of hydrogen-bond donors (Lipinski definition) is 2. The second kappa shape index (κ2) is 8.90. The molecular weight excluding hydrogens is 359 g/mol. The number of benzene rings is 3. The molecule has 0 unspecified atom stereocenters. The van der Waals surface area contributed by atoms with Gasteiger partial charge in [0.15, 0.2) is 11.5 Å². The molecule has 28 heavy (non-hydrogen) atoms. The average Bonchev–Trinajstić information content (AvgIpc) is 2.71. The van der Waals surface area contributed by atoms with Crippen molar-refractivity contribution < 1.29 is 18.7 Å². The lowest BCUT2D eigenvalue weighted by molar-refractivity contribution is -0.115. The Morgan fingerprint density at radius 2 is 1.39 bits per heavy atom. The zero-order chi connectivity index (χ0) is 19.9. The highest BCUT2D eigenvalue weighted by Crippen LogP contribution is 2.28. The van der Waals surface area contributed by atoms with Gasteiger partial charge in [0.05, 0.1) is 20.6 Å². The fraction of sp³-hybridized carbons (Fsp3) is 0.136. The Balaban J connectivity index is 1.59.